The summed E-state index contributed by atoms with van der Waals surface area (Å²) >= 11 is 0. The summed E-state index contributed by atoms with van der Waals surface area (Å²) in [5.74, 6) is 0.258. The number of esters is 1. The van der Waals surface area contributed by atoms with Gasteiger partial charge in [-0.15, -0.1) is 0 Å². The standard InChI is InChI=1S/C12H18O2/c1-8(2)11-6-5-9(3)12(7-11)14-10(4)13/h5,11-12H,1,6-7H2,2-4H3/t11-,12?/m1/s1. The Kier molecular flexibility index (Phi) is 3.50. The van der Waals surface area contributed by atoms with Crippen LogP contribution in [0.25, 0.3) is 0 Å². The average molecular weight is 194 g/mol. The molecule has 0 spiro atoms. The molecule has 0 saturated heterocycles. The fourth-order valence-corrected chi connectivity index (χ4v) is 1.74. The highest BCUT2D eigenvalue weighted by Crippen LogP contribution is 2.30. The van der Waals surface area contributed by atoms with Gasteiger partial charge in [-0.1, -0.05) is 18.2 Å². The highest BCUT2D eigenvalue weighted by atomic mass is 16.5. The molecule has 0 saturated carbocycles. The van der Waals surface area contributed by atoms with E-state index in [-0.39, 0.29) is 12.1 Å². The van der Waals surface area contributed by atoms with Gasteiger partial charge in [0, 0.05) is 6.92 Å². The lowest BCUT2D eigenvalue weighted by Crippen LogP contribution is -2.25. The summed E-state index contributed by atoms with van der Waals surface area (Å²) in [6.07, 6.45) is 4.02. The molecular weight excluding hydrogens is 176 g/mol. The molecule has 78 valence electrons. The van der Waals surface area contributed by atoms with Crippen LogP contribution in [0.2, 0.25) is 0 Å². The summed E-state index contributed by atoms with van der Waals surface area (Å²) in [6.45, 7) is 9.45. The van der Waals surface area contributed by atoms with Crippen LogP contribution in [0.15, 0.2) is 23.8 Å². The second kappa shape index (κ2) is 4.45. The topological polar surface area (TPSA) is 26.3 Å². The number of carbonyl (C=O) groups excluding carboxylic acids is 1. The van der Waals surface area contributed by atoms with Gasteiger partial charge < -0.3 is 4.74 Å². The number of ether oxygens (including phenoxy) is 1. The van der Waals surface area contributed by atoms with E-state index < -0.39 is 0 Å². The highest BCUT2D eigenvalue weighted by Gasteiger charge is 2.24. The molecule has 1 rings (SSSR count). The second-order valence-corrected chi connectivity index (χ2v) is 4.06. The predicted molar refractivity (Wildman–Crippen MR) is 56.8 cm³/mol. The third-order valence-electron chi connectivity index (χ3n) is 2.74. The zero-order valence-electron chi connectivity index (χ0n) is 9.17. The van der Waals surface area contributed by atoms with Crippen molar-refractivity contribution in [3.05, 3.63) is 23.8 Å². The molecule has 1 aliphatic rings. The lowest BCUT2D eigenvalue weighted by atomic mass is 9.84. The first-order chi connectivity index (χ1) is 6.50. The van der Waals surface area contributed by atoms with Gasteiger partial charge in [0.2, 0.25) is 0 Å². The van der Waals surface area contributed by atoms with Crippen molar-refractivity contribution >= 4 is 5.97 Å². The van der Waals surface area contributed by atoms with Gasteiger partial charge in [-0.2, -0.15) is 0 Å². The molecule has 14 heavy (non-hydrogen) atoms. The Balaban J connectivity index is 2.66. The van der Waals surface area contributed by atoms with Gasteiger partial charge in [0.15, 0.2) is 0 Å². The zero-order valence-corrected chi connectivity index (χ0v) is 9.17. The molecule has 0 aliphatic heterocycles. The lowest BCUT2D eigenvalue weighted by Gasteiger charge is -2.28. The van der Waals surface area contributed by atoms with Crippen molar-refractivity contribution in [2.75, 3.05) is 0 Å². The fourth-order valence-electron chi connectivity index (χ4n) is 1.74. The third kappa shape index (κ3) is 2.72. The Morgan fingerprint density at radius 3 is 2.71 bits per heavy atom. The summed E-state index contributed by atoms with van der Waals surface area (Å²) in [5, 5.41) is 0. The Labute approximate surface area is 85.6 Å². The van der Waals surface area contributed by atoms with E-state index in [2.05, 4.69) is 12.7 Å². The van der Waals surface area contributed by atoms with Crippen LogP contribution in [0, 0.1) is 5.92 Å². The number of allylic oxidation sites excluding steroid dienone is 2. The molecule has 0 N–H and O–H groups in total. The molecule has 1 aliphatic carbocycles. The molecule has 2 atom stereocenters. The maximum atomic E-state index is 10.9. The Bertz CT molecular complexity index is 276. The lowest BCUT2D eigenvalue weighted by molar-refractivity contribution is -0.145. The SMILES string of the molecule is C=C(C)[C@@H]1CC=C(C)C(OC(C)=O)C1. The van der Waals surface area contributed by atoms with Crippen molar-refractivity contribution in [3.63, 3.8) is 0 Å². The summed E-state index contributed by atoms with van der Waals surface area (Å²) in [5.41, 5.74) is 2.34. The van der Waals surface area contributed by atoms with Crippen LogP contribution >= 0.6 is 0 Å². The van der Waals surface area contributed by atoms with Crippen molar-refractivity contribution in [3.8, 4) is 0 Å². The van der Waals surface area contributed by atoms with Gasteiger partial charge in [-0.25, -0.2) is 0 Å². The summed E-state index contributed by atoms with van der Waals surface area (Å²) < 4.78 is 5.24. The van der Waals surface area contributed by atoms with E-state index in [0.717, 1.165) is 18.4 Å². The minimum Gasteiger partial charge on any atom is -0.458 e. The van der Waals surface area contributed by atoms with Crippen LogP contribution in [-0.4, -0.2) is 12.1 Å². The van der Waals surface area contributed by atoms with Crippen molar-refractivity contribution < 1.29 is 9.53 Å². The van der Waals surface area contributed by atoms with Crippen molar-refractivity contribution in [1.29, 1.82) is 0 Å². The van der Waals surface area contributed by atoms with E-state index >= 15 is 0 Å². The maximum Gasteiger partial charge on any atom is 0.303 e. The van der Waals surface area contributed by atoms with E-state index in [4.69, 9.17) is 4.74 Å². The molecule has 0 aromatic rings. The van der Waals surface area contributed by atoms with Gasteiger partial charge in [-0.05, 0) is 38.2 Å². The average Bonchev–Trinajstić information content (AvgIpc) is 2.07. The zero-order chi connectivity index (χ0) is 10.7. The van der Waals surface area contributed by atoms with Crippen LogP contribution in [0.4, 0.5) is 0 Å². The number of carbonyl (C=O) groups is 1. The molecule has 2 nitrogen and oxygen atoms in total. The molecule has 1 unspecified atom stereocenters. The molecule has 0 amide bonds. The summed E-state index contributed by atoms with van der Waals surface area (Å²) in [6, 6.07) is 0. The van der Waals surface area contributed by atoms with Gasteiger partial charge >= 0.3 is 5.97 Å². The number of hydrogen-bond acceptors (Lipinski definition) is 2. The Morgan fingerprint density at radius 2 is 2.21 bits per heavy atom. The first-order valence-corrected chi connectivity index (χ1v) is 5.00. The van der Waals surface area contributed by atoms with E-state index in [9.17, 15) is 4.79 Å². The fraction of sp³-hybridized carbons (Fsp3) is 0.583. The predicted octanol–water partition coefficient (Wildman–Crippen LogP) is 2.85. The monoisotopic (exact) mass is 194 g/mol. The number of rotatable bonds is 2. The van der Waals surface area contributed by atoms with Gasteiger partial charge in [0.1, 0.15) is 6.10 Å². The first-order valence-electron chi connectivity index (χ1n) is 5.00. The van der Waals surface area contributed by atoms with Gasteiger partial charge in [0.25, 0.3) is 0 Å². The van der Waals surface area contributed by atoms with Gasteiger partial charge in [0.05, 0.1) is 0 Å². The molecule has 0 bridgehead atoms. The van der Waals surface area contributed by atoms with Crippen LogP contribution in [0.1, 0.15) is 33.6 Å². The maximum absolute atomic E-state index is 10.9. The van der Waals surface area contributed by atoms with Crippen molar-refractivity contribution in [1.82, 2.24) is 0 Å². The molecule has 0 radical (unpaired) electrons. The second-order valence-electron chi connectivity index (χ2n) is 4.06. The molecule has 0 fully saturated rings. The minimum absolute atomic E-state index is 0.0389. The van der Waals surface area contributed by atoms with Crippen LogP contribution in [0.5, 0.6) is 0 Å². The normalized spacial score (nSPS) is 26.6. The number of hydrogen-bond donors (Lipinski definition) is 0. The molecular formula is C12H18O2. The summed E-state index contributed by atoms with van der Waals surface area (Å²) in [4.78, 5) is 10.9. The van der Waals surface area contributed by atoms with Crippen molar-refractivity contribution in [2.45, 2.75) is 39.7 Å². The largest absolute Gasteiger partial charge is 0.458 e. The molecule has 0 aromatic heterocycles. The van der Waals surface area contributed by atoms with Crippen LogP contribution < -0.4 is 0 Å². The van der Waals surface area contributed by atoms with E-state index in [1.807, 2.05) is 13.8 Å². The Hall–Kier alpha value is -1.05. The first kappa shape index (κ1) is 11.0. The van der Waals surface area contributed by atoms with E-state index in [1.165, 1.54) is 12.5 Å². The minimum atomic E-state index is -0.204. The van der Waals surface area contributed by atoms with Crippen LogP contribution in [0.3, 0.4) is 0 Å². The molecule has 0 aromatic carbocycles. The van der Waals surface area contributed by atoms with E-state index in [0.29, 0.717) is 5.92 Å². The Morgan fingerprint density at radius 1 is 1.57 bits per heavy atom. The summed E-state index contributed by atoms with van der Waals surface area (Å²) in [7, 11) is 0. The smallest absolute Gasteiger partial charge is 0.303 e. The van der Waals surface area contributed by atoms with E-state index in [1.54, 1.807) is 0 Å². The molecule has 0 heterocycles. The quantitative estimate of drug-likeness (QED) is 0.499. The third-order valence-corrected chi connectivity index (χ3v) is 2.74. The van der Waals surface area contributed by atoms with Gasteiger partial charge in [-0.3, -0.25) is 4.79 Å². The molecule has 2 heteroatoms. The highest BCUT2D eigenvalue weighted by molar-refractivity contribution is 5.66. The van der Waals surface area contributed by atoms with Crippen LogP contribution in [-0.2, 0) is 9.53 Å². The van der Waals surface area contributed by atoms with Crippen molar-refractivity contribution in [2.24, 2.45) is 5.92 Å².